The standard InChI is InChI=1S/C22H21N3O3/c1-14-9-10-18(22(27)28)12-20(14)23-13-19-11-15(2)25(16(19)3)24-21(26)17-7-5-4-6-8-17/h4-13H,1-3H3,(H,24,26)(H,27,28). The van der Waals surface area contributed by atoms with Crippen LogP contribution in [0.3, 0.4) is 0 Å². The van der Waals surface area contributed by atoms with Crippen LogP contribution in [0.4, 0.5) is 5.69 Å². The molecule has 2 N–H and O–H groups in total. The Morgan fingerprint density at radius 1 is 1.00 bits per heavy atom. The average Bonchev–Trinajstić information content (AvgIpc) is 2.95. The van der Waals surface area contributed by atoms with E-state index in [2.05, 4.69) is 10.4 Å². The molecule has 0 aliphatic carbocycles. The van der Waals surface area contributed by atoms with Crippen LogP contribution in [-0.4, -0.2) is 27.9 Å². The topological polar surface area (TPSA) is 83.7 Å². The number of carboxylic acids is 1. The third kappa shape index (κ3) is 4.01. The van der Waals surface area contributed by atoms with E-state index in [1.54, 1.807) is 41.2 Å². The molecule has 2 aromatic carbocycles. The summed E-state index contributed by atoms with van der Waals surface area (Å²) in [4.78, 5) is 28.1. The molecule has 0 fully saturated rings. The molecule has 0 saturated heterocycles. The second-order valence-corrected chi connectivity index (χ2v) is 6.53. The summed E-state index contributed by atoms with van der Waals surface area (Å²) >= 11 is 0. The van der Waals surface area contributed by atoms with Crippen LogP contribution >= 0.6 is 0 Å². The molecule has 6 heteroatoms. The van der Waals surface area contributed by atoms with E-state index in [1.165, 1.54) is 0 Å². The lowest BCUT2D eigenvalue weighted by Crippen LogP contribution is -2.24. The molecule has 3 aromatic rings. The number of rotatable bonds is 5. The summed E-state index contributed by atoms with van der Waals surface area (Å²) < 4.78 is 1.72. The van der Waals surface area contributed by atoms with Crippen molar-refractivity contribution in [2.24, 2.45) is 4.99 Å². The highest BCUT2D eigenvalue weighted by molar-refractivity contribution is 6.00. The van der Waals surface area contributed by atoms with Gasteiger partial charge in [-0.05, 0) is 56.7 Å². The molecule has 1 heterocycles. The smallest absolute Gasteiger partial charge is 0.335 e. The molecule has 1 aromatic heterocycles. The first kappa shape index (κ1) is 19.1. The molecule has 0 radical (unpaired) electrons. The summed E-state index contributed by atoms with van der Waals surface area (Å²) in [6.45, 7) is 5.66. The molecular formula is C22H21N3O3. The first-order valence-corrected chi connectivity index (χ1v) is 8.80. The number of carbonyl (C=O) groups is 2. The van der Waals surface area contributed by atoms with E-state index in [-0.39, 0.29) is 11.5 Å². The van der Waals surface area contributed by atoms with Crippen LogP contribution < -0.4 is 5.43 Å². The van der Waals surface area contributed by atoms with Gasteiger partial charge in [-0.1, -0.05) is 24.3 Å². The summed E-state index contributed by atoms with van der Waals surface area (Å²) in [7, 11) is 0. The maximum Gasteiger partial charge on any atom is 0.335 e. The van der Waals surface area contributed by atoms with Gasteiger partial charge in [0.1, 0.15) is 0 Å². The van der Waals surface area contributed by atoms with Gasteiger partial charge in [0.15, 0.2) is 0 Å². The van der Waals surface area contributed by atoms with Gasteiger partial charge in [-0.3, -0.25) is 19.9 Å². The van der Waals surface area contributed by atoms with Gasteiger partial charge in [0.05, 0.1) is 11.3 Å². The number of aromatic nitrogens is 1. The van der Waals surface area contributed by atoms with Gasteiger partial charge in [-0.2, -0.15) is 0 Å². The molecule has 1 amide bonds. The van der Waals surface area contributed by atoms with Gasteiger partial charge in [-0.25, -0.2) is 4.79 Å². The van der Waals surface area contributed by atoms with E-state index in [0.29, 0.717) is 11.3 Å². The Morgan fingerprint density at radius 3 is 2.39 bits per heavy atom. The number of amides is 1. The molecule has 3 rings (SSSR count). The highest BCUT2D eigenvalue weighted by Gasteiger charge is 2.12. The lowest BCUT2D eigenvalue weighted by Gasteiger charge is -2.11. The zero-order chi connectivity index (χ0) is 20.3. The minimum Gasteiger partial charge on any atom is -0.478 e. The summed E-state index contributed by atoms with van der Waals surface area (Å²) in [5.74, 6) is -1.19. The number of aliphatic imine (C=N–C) groups is 1. The van der Waals surface area contributed by atoms with E-state index < -0.39 is 5.97 Å². The molecule has 0 atom stereocenters. The molecule has 0 saturated carbocycles. The Balaban J connectivity index is 1.86. The summed E-state index contributed by atoms with van der Waals surface area (Å²) in [6, 6.07) is 15.8. The van der Waals surface area contributed by atoms with Crippen molar-refractivity contribution in [1.82, 2.24) is 4.68 Å². The fourth-order valence-electron chi connectivity index (χ4n) is 2.87. The Hall–Kier alpha value is -3.67. The van der Waals surface area contributed by atoms with Crippen molar-refractivity contribution in [3.63, 3.8) is 0 Å². The Labute approximate surface area is 163 Å². The normalized spacial score (nSPS) is 11.0. The molecular weight excluding hydrogens is 354 g/mol. The number of hydrogen-bond acceptors (Lipinski definition) is 3. The van der Waals surface area contributed by atoms with Crippen molar-refractivity contribution >= 4 is 23.8 Å². The van der Waals surface area contributed by atoms with E-state index in [9.17, 15) is 9.59 Å². The minimum absolute atomic E-state index is 0.193. The lowest BCUT2D eigenvalue weighted by atomic mass is 10.1. The summed E-state index contributed by atoms with van der Waals surface area (Å²) in [6.07, 6.45) is 1.68. The van der Waals surface area contributed by atoms with E-state index in [0.717, 1.165) is 22.5 Å². The predicted molar refractivity (Wildman–Crippen MR) is 109 cm³/mol. The SMILES string of the molecule is Cc1ccc(C(=O)O)cc1N=Cc1cc(C)n(NC(=O)c2ccccc2)c1C. The fourth-order valence-corrected chi connectivity index (χ4v) is 2.87. The largest absolute Gasteiger partial charge is 0.478 e. The van der Waals surface area contributed by atoms with Crippen molar-refractivity contribution in [2.75, 3.05) is 5.43 Å². The van der Waals surface area contributed by atoms with Gasteiger partial charge in [-0.15, -0.1) is 0 Å². The van der Waals surface area contributed by atoms with Gasteiger partial charge >= 0.3 is 5.97 Å². The van der Waals surface area contributed by atoms with Gasteiger partial charge in [0.25, 0.3) is 5.91 Å². The van der Waals surface area contributed by atoms with Crippen LogP contribution in [0, 0.1) is 20.8 Å². The summed E-state index contributed by atoms with van der Waals surface area (Å²) in [5.41, 5.74) is 7.66. The molecule has 0 aliphatic heterocycles. The number of nitrogens with zero attached hydrogens (tertiary/aromatic N) is 2. The van der Waals surface area contributed by atoms with E-state index in [4.69, 9.17) is 5.11 Å². The average molecular weight is 375 g/mol. The number of benzene rings is 2. The second-order valence-electron chi connectivity index (χ2n) is 6.53. The van der Waals surface area contributed by atoms with Gasteiger partial charge in [0.2, 0.25) is 0 Å². The van der Waals surface area contributed by atoms with Crippen molar-refractivity contribution in [3.05, 3.63) is 88.2 Å². The third-order valence-electron chi connectivity index (χ3n) is 4.52. The monoisotopic (exact) mass is 375 g/mol. The Bertz CT molecular complexity index is 1070. The molecule has 0 spiro atoms. The molecule has 142 valence electrons. The fraction of sp³-hybridized carbons (Fsp3) is 0.136. The predicted octanol–water partition coefficient (Wildman–Crippen LogP) is 4.25. The summed E-state index contributed by atoms with van der Waals surface area (Å²) in [5, 5.41) is 9.15. The number of nitrogens with one attached hydrogen (secondary N) is 1. The zero-order valence-electron chi connectivity index (χ0n) is 15.9. The van der Waals surface area contributed by atoms with Crippen molar-refractivity contribution in [3.8, 4) is 0 Å². The third-order valence-corrected chi connectivity index (χ3v) is 4.52. The molecule has 0 aliphatic rings. The Kier molecular flexibility index (Phi) is 5.40. The molecule has 6 nitrogen and oxygen atoms in total. The second kappa shape index (κ2) is 7.92. The number of carbonyl (C=O) groups excluding carboxylic acids is 1. The quantitative estimate of drug-likeness (QED) is 0.654. The van der Waals surface area contributed by atoms with Crippen LogP contribution in [0.15, 0.2) is 59.6 Å². The number of carboxylic acid groups (broad SMARTS) is 1. The van der Waals surface area contributed by atoms with Gasteiger partial charge < -0.3 is 5.11 Å². The van der Waals surface area contributed by atoms with Crippen LogP contribution in [0.1, 0.15) is 43.2 Å². The van der Waals surface area contributed by atoms with Crippen molar-refractivity contribution in [2.45, 2.75) is 20.8 Å². The highest BCUT2D eigenvalue weighted by Crippen LogP contribution is 2.21. The van der Waals surface area contributed by atoms with Crippen LogP contribution in [0.2, 0.25) is 0 Å². The van der Waals surface area contributed by atoms with Crippen LogP contribution in [-0.2, 0) is 0 Å². The zero-order valence-corrected chi connectivity index (χ0v) is 15.9. The molecule has 28 heavy (non-hydrogen) atoms. The van der Waals surface area contributed by atoms with Crippen LogP contribution in [0.5, 0.6) is 0 Å². The number of aromatic carboxylic acids is 1. The molecule has 0 bridgehead atoms. The Morgan fingerprint density at radius 2 is 1.71 bits per heavy atom. The van der Waals surface area contributed by atoms with Crippen molar-refractivity contribution in [1.29, 1.82) is 0 Å². The maximum absolute atomic E-state index is 12.4. The van der Waals surface area contributed by atoms with E-state index >= 15 is 0 Å². The minimum atomic E-state index is -0.988. The molecule has 0 unspecified atom stereocenters. The van der Waals surface area contributed by atoms with Crippen LogP contribution in [0.25, 0.3) is 0 Å². The lowest BCUT2D eigenvalue weighted by molar-refractivity contribution is 0.0696. The van der Waals surface area contributed by atoms with Crippen molar-refractivity contribution < 1.29 is 14.7 Å². The van der Waals surface area contributed by atoms with Gasteiger partial charge in [0, 0.05) is 28.7 Å². The highest BCUT2D eigenvalue weighted by atomic mass is 16.4. The maximum atomic E-state index is 12.4. The number of aryl methyl sites for hydroxylation is 2. The first-order valence-electron chi connectivity index (χ1n) is 8.80. The first-order chi connectivity index (χ1) is 13.4. The van der Waals surface area contributed by atoms with E-state index in [1.807, 2.05) is 45.0 Å². The number of hydrogen-bond donors (Lipinski definition) is 2.